The molecule has 0 saturated heterocycles. The van der Waals surface area contributed by atoms with Gasteiger partial charge in [-0.05, 0) is 33.5 Å². The van der Waals surface area contributed by atoms with Gasteiger partial charge in [-0.25, -0.2) is 0 Å². The zero-order valence-corrected chi connectivity index (χ0v) is 13.3. The summed E-state index contributed by atoms with van der Waals surface area (Å²) in [6.45, 7) is 10.9. The van der Waals surface area contributed by atoms with E-state index >= 15 is 0 Å². The van der Waals surface area contributed by atoms with Crippen LogP contribution >= 0.6 is 0 Å². The van der Waals surface area contributed by atoms with Crippen molar-refractivity contribution in [2.24, 2.45) is 0 Å². The number of hydrogen-bond acceptors (Lipinski definition) is 3. The second-order valence-corrected chi connectivity index (χ2v) is 6.06. The molecule has 0 aliphatic heterocycles. The van der Waals surface area contributed by atoms with Crippen LogP contribution in [0.25, 0.3) is 0 Å². The van der Waals surface area contributed by atoms with Gasteiger partial charge in [0.15, 0.2) is 0 Å². The summed E-state index contributed by atoms with van der Waals surface area (Å²) in [5.41, 5.74) is 1.69. The third-order valence-corrected chi connectivity index (χ3v) is 3.37. The van der Waals surface area contributed by atoms with E-state index in [-0.39, 0.29) is 0 Å². The summed E-state index contributed by atoms with van der Waals surface area (Å²) in [7, 11) is 4.13. The third-order valence-electron chi connectivity index (χ3n) is 3.37. The number of nitrogens with zero attached hydrogens (tertiary/aromatic N) is 2. The fourth-order valence-corrected chi connectivity index (χ4v) is 2.02. The maximum absolute atomic E-state index is 10.2. The highest BCUT2D eigenvalue weighted by molar-refractivity contribution is 5.21. The number of hydrogen-bond donors (Lipinski definition) is 1. The highest BCUT2D eigenvalue weighted by atomic mass is 16.3. The summed E-state index contributed by atoms with van der Waals surface area (Å²) < 4.78 is 0. The van der Waals surface area contributed by atoms with Crippen LogP contribution in [0.1, 0.15) is 18.1 Å². The maximum atomic E-state index is 10.2. The molecular formula is C17H28N2O. The van der Waals surface area contributed by atoms with Crippen molar-refractivity contribution in [1.82, 2.24) is 9.80 Å². The van der Waals surface area contributed by atoms with E-state index in [0.29, 0.717) is 6.54 Å². The maximum Gasteiger partial charge on any atom is 0.0923 e. The van der Waals surface area contributed by atoms with Gasteiger partial charge in [-0.15, -0.1) is 6.58 Å². The van der Waals surface area contributed by atoms with Crippen LogP contribution in [0, 0.1) is 6.92 Å². The van der Waals surface area contributed by atoms with Crippen molar-refractivity contribution in [3.8, 4) is 0 Å². The van der Waals surface area contributed by atoms with E-state index < -0.39 is 5.60 Å². The van der Waals surface area contributed by atoms with E-state index in [0.717, 1.165) is 19.6 Å². The Kier molecular flexibility index (Phi) is 6.40. The number of aryl methyl sites for hydroxylation is 1. The molecule has 1 N–H and O–H groups in total. The van der Waals surface area contributed by atoms with Gasteiger partial charge in [0.2, 0.25) is 0 Å². The van der Waals surface area contributed by atoms with Crippen LogP contribution in [-0.2, 0) is 6.54 Å². The van der Waals surface area contributed by atoms with Gasteiger partial charge in [0.05, 0.1) is 5.60 Å². The molecule has 0 bridgehead atoms. The molecule has 0 radical (unpaired) electrons. The summed E-state index contributed by atoms with van der Waals surface area (Å²) >= 11 is 0. The minimum atomic E-state index is -0.850. The van der Waals surface area contributed by atoms with Gasteiger partial charge in [0.25, 0.3) is 0 Å². The van der Waals surface area contributed by atoms with E-state index in [2.05, 4.69) is 61.7 Å². The Morgan fingerprint density at radius 3 is 2.30 bits per heavy atom. The minimum Gasteiger partial charge on any atom is -0.385 e. The van der Waals surface area contributed by atoms with Crippen LogP contribution in [0.15, 0.2) is 36.9 Å². The first kappa shape index (κ1) is 16.9. The first-order valence-corrected chi connectivity index (χ1v) is 7.11. The molecule has 0 saturated carbocycles. The quantitative estimate of drug-likeness (QED) is 0.738. The SMILES string of the molecule is C=CC(C)(O)CN(CCN(C)C)Cc1ccc(C)cc1. The summed E-state index contributed by atoms with van der Waals surface area (Å²) in [5.74, 6) is 0. The Morgan fingerprint density at radius 1 is 1.20 bits per heavy atom. The van der Waals surface area contributed by atoms with Crippen molar-refractivity contribution in [3.63, 3.8) is 0 Å². The highest BCUT2D eigenvalue weighted by Crippen LogP contribution is 2.12. The molecule has 0 aliphatic carbocycles. The van der Waals surface area contributed by atoms with E-state index in [4.69, 9.17) is 0 Å². The second-order valence-electron chi connectivity index (χ2n) is 6.06. The fraction of sp³-hybridized carbons (Fsp3) is 0.529. The molecule has 0 heterocycles. The van der Waals surface area contributed by atoms with Gasteiger partial charge in [-0.2, -0.15) is 0 Å². The van der Waals surface area contributed by atoms with Crippen molar-refractivity contribution in [3.05, 3.63) is 48.0 Å². The molecule has 1 aromatic rings. The Hall–Kier alpha value is -1.16. The molecule has 1 atom stereocenters. The zero-order valence-electron chi connectivity index (χ0n) is 13.3. The van der Waals surface area contributed by atoms with Gasteiger partial charge in [0.1, 0.15) is 0 Å². The van der Waals surface area contributed by atoms with Crippen LogP contribution < -0.4 is 0 Å². The van der Waals surface area contributed by atoms with Gasteiger partial charge >= 0.3 is 0 Å². The van der Waals surface area contributed by atoms with Crippen LogP contribution in [0.4, 0.5) is 0 Å². The average Bonchev–Trinajstić information content (AvgIpc) is 2.38. The minimum absolute atomic E-state index is 0.595. The average molecular weight is 276 g/mol. The number of benzene rings is 1. The molecule has 0 aromatic heterocycles. The van der Waals surface area contributed by atoms with Crippen molar-refractivity contribution >= 4 is 0 Å². The molecule has 1 aromatic carbocycles. The van der Waals surface area contributed by atoms with Gasteiger partial charge < -0.3 is 10.0 Å². The lowest BCUT2D eigenvalue weighted by Gasteiger charge is -2.30. The molecule has 1 unspecified atom stereocenters. The number of rotatable bonds is 8. The summed E-state index contributed by atoms with van der Waals surface area (Å²) in [5, 5.41) is 10.2. The van der Waals surface area contributed by atoms with E-state index in [9.17, 15) is 5.11 Å². The monoisotopic (exact) mass is 276 g/mol. The molecular weight excluding hydrogens is 248 g/mol. The predicted molar refractivity (Wildman–Crippen MR) is 85.8 cm³/mol. The molecule has 0 fully saturated rings. The van der Waals surface area contributed by atoms with Crippen molar-refractivity contribution in [2.75, 3.05) is 33.7 Å². The number of likely N-dealkylation sites (N-methyl/N-ethyl adjacent to an activating group) is 1. The predicted octanol–water partition coefficient (Wildman–Crippen LogP) is 2.30. The molecule has 3 nitrogen and oxygen atoms in total. The molecule has 1 rings (SSSR count). The molecule has 3 heteroatoms. The largest absolute Gasteiger partial charge is 0.385 e. The Labute approximate surface area is 123 Å². The molecule has 20 heavy (non-hydrogen) atoms. The topological polar surface area (TPSA) is 26.7 Å². The van der Waals surface area contributed by atoms with E-state index in [1.807, 2.05) is 0 Å². The van der Waals surface area contributed by atoms with Crippen LogP contribution in [0.3, 0.4) is 0 Å². The second kappa shape index (κ2) is 7.58. The summed E-state index contributed by atoms with van der Waals surface area (Å²) in [4.78, 5) is 4.43. The van der Waals surface area contributed by atoms with Crippen LogP contribution in [-0.4, -0.2) is 54.2 Å². The zero-order chi connectivity index (χ0) is 15.2. The smallest absolute Gasteiger partial charge is 0.0923 e. The van der Waals surface area contributed by atoms with Crippen molar-refractivity contribution in [1.29, 1.82) is 0 Å². The lowest BCUT2D eigenvalue weighted by atomic mass is 10.1. The Balaban J connectivity index is 2.70. The van der Waals surface area contributed by atoms with Gasteiger partial charge in [0, 0.05) is 26.2 Å². The molecule has 0 amide bonds. The lowest BCUT2D eigenvalue weighted by molar-refractivity contribution is 0.0562. The summed E-state index contributed by atoms with van der Waals surface area (Å²) in [6, 6.07) is 8.57. The van der Waals surface area contributed by atoms with Crippen molar-refractivity contribution in [2.45, 2.75) is 26.0 Å². The van der Waals surface area contributed by atoms with Crippen LogP contribution in [0.2, 0.25) is 0 Å². The first-order valence-electron chi connectivity index (χ1n) is 7.11. The first-order chi connectivity index (χ1) is 9.32. The highest BCUT2D eigenvalue weighted by Gasteiger charge is 2.20. The van der Waals surface area contributed by atoms with Crippen LogP contribution in [0.5, 0.6) is 0 Å². The summed E-state index contributed by atoms with van der Waals surface area (Å²) in [6.07, 6.45) is 1.62. The molecule has 112 valence electrons. The molecule has 0 spiro atoms. The number of aliphatic hydroxyl groups is 1. The lowest BCUT2D eigenvalue weighted by Crippen LogP contribution is -2.41. The van der Waals surface area contributed by atoms with Gasteiger partial charge in [-0.3, -0.25) is 4.90 Å². The Bertz CT molecular complexity index is 410. The Morgan fingerprint density at radius 2 is 1.80 bits per heavy atom. The fourth-order valence-electron chi connectivity index (χ4n) is 2.02. The van der Waals surface area contributed by atoms with E-state index in [1.165, 1.54) is 11.1 Å². The molecule has 0 aliphatic rings. The standard InChI is InChI=1S/C17H28N2O/c1-6-17(3,20)14-19(12-11-18(4)5)13-16-9-7-15(2)8-10-16/h6-10,20H,1,11-14H2,2-5H3. The normalized spacial score (nSPS) is 14.6. The van der Waals surface area contributed by atoms with Crippen molar-refractivity contribution < 1.29 is 5.11 Å². The van der Waals surface area contributed by atoms with Gasteiger partial charge in [-0.1, -0.05) is 35.9 Å². The third kappa shape index (κ3) is 6.33. The van der Waals surface area contributed by atoms with E-state index in [1.54, 1.807) is 13.0 Å².